The average Bonchev–Trinajstić information content (AvgIpc) is 3.57. The third-order valence-corrected chi connectivity index (χ3v) is 7.37. The molecule has 0 spiro atoms. The number of carbonyl (C=O) groups excluding carboxylic acids is 2. The van der Waals surface area contributed by atoms with Crippen molar-refractivity contribution in [1.29, 1.82) is 0 Å². The van der Waals surface area contributed by atoms with Crippen LogP contribution in [0.15, 0.2) is 30.9 Å². The minimum atomic E-state index is -2.67. The van der Waals surface area contributed by atoms with Crippen LogP contribution in [0, 0.1) is 6.92 Å². The lowest BCUT2D eigenvalue weighted by atomic mass is 10.0. The second-order valence-corrected chi connectivity index (χ2v) is 9.82. The molecule has 0 radical (unpaired) electrons. The van der Waals surface area contributed by atoms with Crippen molar-refractivity contribution in [1.82, 2.24) is 34.6 Å². The molecule has 4 aromatic rings. The molecule has 36 heavy (non-hydrogen) atoms. The monoisotopic (exact) mass is 514 g/mol. The first-order valence-electron chi connectivity index (χ1n) is 11.3. The fourth-order valence-corrected chi connectivity index (χ4v) is 5.50. The largest absolute Gasteiger partial charge is 0.365 e. The van der Waals surface area contributed by atoms with Crippen LogP contribution in [-0.4, -0.2) is 73.2 Å². The van der Waals surface area contributed by atoms with Crippen LogP contribution in [0.2, 0.25) is 0 Å². The summed E-state index contributed by atoms with van der Waals surface area (Å²) in [4.78, 5) is 32.3. The normalized spacial score (nSPS) is 15.6. The number of hydrogen-bond acceptors (Lipinski definition) is 7. The Morgan fingerprint density at radius 3 is 2.72 bits per heavy atom. The molecule has 3 N–H and O–H groups in total. The van der Waals surface area contributed by atoms with Gasteiger partial charge in [-0.25, -0.2) is 13.3 Å². The molecule has 0 saturated carbocycles. The van der Waals surface area contributed by atoms with Gasteiger partial charge >= 0.3 is 0 Å². The Morgan fingerprint density at radius 2 is 2.06 bits per heavy atom. The minimum absolute atomic E-state index is 0.161. The van der Waals surface area contributed by atoms with Crippen molar-refractivity contribution < 1.29 is 18.4 Å². The molecule has 0 unspecified atom stereocenters. The number of fused-ring (bicyclic) bond motifs is 1. The number of alkyl halides is 2. The molecule has 0 atom stereocenters. The molecule has 1 aliphatic heterocycles. The summed E-state index contributed by atoms with van der Waals surface area (Å²) in [5.41, 5.74) is 8.96. The number of thiazole rings is 1. The Balaban J connectivity index is 1.47. The van der Waals surface area contributed by atoms with Crippen LogP contribution < -0.4 is 11.1 Å². The number of nitrogens with two attached hydrogens (primary N) is 1. The van der Waals surface area contributed by atoms with E-state index in [0.717, 1.165) is 10.4 Å². The van der Waals surface area contributed by atoms with E-state index >= 15 is 0 Å². The number of amides is 2. The summed E-state index contributed by atoms with van der Waals surface area (Å²) in [6, 6.07) is 1.72. The molecular formula is C23H24F2N8O2S. The molecular weight excluding hydrogens is 490 g/mol. The Hall–Kier alpha value is -3.71. The van der Waals surface area contributed by atoms with E-state index in [1.165, 1.54) is 23.7 Å². The van der Waals surface area contributed by atoms with Crippen LogP contribution in [0.3, 0.4) is 0 Å². The number of pyridine rings is 1. The lowest BCUT2D eigenvalue weighted by molar-refractivity contribution is 0.0124. The number of halogens is 2. The zero-order valence-electron chi connectivity index (χ0n) is 19.7. The van der Waals surface area contributed by atoms with Gasteiger partial charge in [-0.15, -0.1) is 11.3 Å². The molecule has 1 saturated heterocycles. The van der Waals surface area contributed by atoms with E-state index in [-0.39, 0.29) is 25.4 Å². The predicted octanol–water partition coefficient (Wildman–Crippen LogP) is 2.34. The second kappa shape index (κ2) is 9.06. The first kappa shape index (κ1) is 24.0. The van der Waals surface area contributed by atoms with Crippen LogP contribution in [0.4, 0.5) is 8.78 Å². The lowest BCUT2D eigenvalue weighted by Gasteiger charge is -2.16. The number of primary amides is 1. The highest BCUT2D eigenvalue weighted by Crippen LogP contribution is 2.41. The predicted molar refractivity (Wildman–Crippen MR) is 130 cm³/mol. The maximum Gasteiger partial charge on any atom is 0.261 e. The summed E-state index contributed by atoms with van der Waals surface area (Å²) in [6.45, 7) is 2.42. The maximum atomic E-state index is 13.4. The molecule has 10 nitrogen and oxygen atoms in total. The Morgan fingerprint density at radius 1 is 1.25 bits per heavy atom. The molecule has 1 aliphatic rings. The zero-order valence-corrected chi connectivity index (χ0v) is 20.5. The van der Waals surface area contributed by atoms with Crippen molar-refractivity contribution in [2.24, 2.45) is 12.8 Å². The highest BCUT2D eigenvalue weighted by atomic mass is 32.1. The summed E-state index contributed by atoms with van der Waals surface area (Å²) in [5.74, 6) is -3.62. The topological polar surface area (TPSA) is 123 Å². The molecule has 1 fully saturated rings. The average molecular weight is 515 g/mol. The fourth-order valence-electron chi connectivity index (χ4n) is 4.30. The molecule has 0 aromatic carbocycles. The summed E-state index contributed by atoms with van der Waals surface area (Å²) in [7, 11) is 1.80. The summed E-state index contributed by atoms with van der Waals surface area (Å²) in [5, 5.41) is 11.4. The van der Waals surface area contributed by atoms with Gasteiger partial charge in [0.05, 0.1) is 40.6 Å². The van der Waals surface area contributed by atoms with Crippen molar-refractivity contribution in [3.63, 3.8) is 0 Å². The van der Waals surface area contributed by atoms with Gasteiger partial charge in [-0.3, -0.25) is 24.2 Å². The van der Waals surface area contributed by atoms with Gasteiger partial charge in [-0.2, -0.15) is 10.2 Å². The van der Waals surface area contributed by atoms with E-state index in [4.69, 9.17) is 5.73 Å². The first-order valence-corrected chi connectivity index (χ1v) is 12.1. The van der Waals surface area contributed by atoms with E-state index in [9.17, 15) is 18.4 Å². The number of hydrogen-bond donors (Lipinski definition) is 2. The highest BCUT2D eigenvalue weighted by molar-refractivity contribution is 7.21. The fraction of sp³-hybridized carbons (Fsp3) is 0.348. The smallest absolute Gasteiger partial charge is 0.261 e. The highest BCUT2D eigenvalue weighted by Gasteiger charge is 2.37. The molecule has 188 valence electrons. The molecule has 5 rings (SSSR count). The van der Waals surface area contributed by atoms with Crippen LogP contribution in [0.5, 0.6) is 0 Å². The molecule has 13 heteroatoms. The zero-order chi connectivity index (χ0) is 25.6. The first-order chi connectivity index (χ1) is 17.1. The van der Waals surface area contributed by atoms with Crippen molar-refractivity contribution in [2.45, 2.75) is 19.3 Å². The number of rotatable bonds is 7. The van der Waals surface area contributed by atoms with Crippen LogP contribution in [-0.2, 0) is 7.05 Å². The molecule has 2 amide bonds. The molecule has 4 aromatic heterocycles. The van der Waals surface area contributed by atoms with Crippen molar-refractivity contribution in [2.75, 3.05) is 26.2 Å². The van der Waals surface area contributed by atoms with Gasteiger partial charge in [0, 0.05) is 62.3 Å². The number of nitrogens with one attached hydrogen (secondary N) is 1. The number of likely N-dealkylation sites (tertiary alicyclic amines) is 1. The van der Waals surface area contributed by atoms with Crippen LogP contribution in [0.25, 0.3) is 26.5 Å². The number of aromatic nitrogens is 5. The van der Waals surface area contributed by atoms with Gasteiger partial charge < -0.3 is 11.1 Å². The van der Waals surface area contributed by atoms with E-state index in [2.05, 4.69) is 20.5 Å². The summed E-state index contributed by atoms with van der Waals surface area (Å²) >= 11 is 1.35. The third-order valence-electron chi connectivity index (χ3n) is 6.15. The van der Waals surface area contributed by atoms with E-state index in [1.54, 1.807) is 33.4 Å². The van der Waals surface area contributed by atoms with Gasteiger partial charge in [0.25, 0.3) is 17.7 Å². The number of aryl methyl sites for hydroxylation is 2. The second-order valence-electron chi connectivity index (χ2n) is 8.82. The van der Waals surface area contributed by atoms with Gasteiger partial charge in [0.1, 0.15) is 4.83 Å². The van der Waals surface area contributed by atoms with Gasteiger partial charge in [-0.05, 0) is 13.0 Å². The lowest BCUT2D eigenvalue weighted by Crippen LogP contribution is -2.35. The SMILES string of the molecule is Cc1ncc(C(=O)NCCN2CCC(F)(F)C2)cc1-c1c(-c2cnn(C)c2)sc2c(C(N)=O)cnn12. The quantitative estimate of drug-likeness (QED) is 0.390. The molecule has 0 aliphatic carbocycles. The Kier molecular flexibility index (Phi) is 6.04. The Labute approximate surface area is 208 Å². The minimum Gasteiger partial charge on any atom is -0.365 e. The van der Waals surface area contributed by atoms with Crippen molar-refractivity contribution >= 4 is 28.0 Å². The van der Waals surface area contributed by atoms with E-state index in [0.29, 0.717) is 46.0 Å². The van der Waals surface area contributed by atoms with E-state index in [1.807, 2.05) is 13.1 Å². The standard InChI is InChI=1S/C23H24F2N8O2S/c1-13-16(7-14(8-28-13)21(35)27-4-6-32-5-3-23(24,25)12-32)18-19(15-9-29-31(2)11-15)36-22-17(20(26)34)10-30-33(18)22/h7-11H,3-6,12H2,1-2H3,(H2,26,34)(H,27,35). The number of carbonyl (C=O) groups is 2. The van der Waals surface area contributed by atoms with Crippen molar-refractivity contribution in [3.8, 4) is 21.7 Å². The van der Waals surface area contributed by atoms with Crippen molar-refractivity contribution in [3.05, 3.63) is 47.7 Å². The Bertz CT molecular complexity index is 1470. The van der Waals surface area contributed by atoms with Gasteiger partial charge in [0.15, 0.2) is 0 Å². The van der Waals surface area contributed by atoms with Gasteiger partial charge in [-0.1, -0.05) is 0 Å². The summed E-state index contributed by atoms with van der Waals surface area (Å²) < 4.78 is 30.1. The van der Waals surface area contributed by atoms with Gasteiger partial charge in [0.2, 0.25) is 0 Å². The molecule has 0 bridgehead atoms. The number of nitrogens with zero attached hydrogens (tertiary/aromatic N) is 6. The van der Waals surface area contributed by atoms with Crippen LogP contribution in [0.1, 0.15) is 32.8 Å². The maximum absolute atomic E-state index is 13.4. The van der Waals surface area contributed by atoms with Crippen LogP contribution >= 0.6 is 11.3 Å². The van der Waals surface area contributed by atoms with E-state index < -0.39 is 11.8 Å². The molecule has 5 heterocycles. The summed E-state index contributed by atoms with van der Waals surface area (Å²) in [6.07, 6.45) is 6.29. The third kappa shape index (κ3) is 4.46.